The summed E-state index contributed by atoms with van der Waals surface area (Å²) >= 11 is 0. The topological polar surface area (TPSA) is 60.0 Å². The lowest BCUT2D eigenvalue weighted by Gasteiger charge is -2.23. The molecule has 5 heteroatoms. The Labute approximate surface area is 103 Å². The maximum absolute atomic E-state index is 9.57. The minimum Gasteiger partial charge on any atom is -0.388 e. The van der Waals surface area contributed by atoms with E-state index < -0.39 is 6.10 Å². The molecule has 0 amide bonds. The lowest BCUT2D eigenvalue weighted by molar-refractivity contribution is -0.0638. The highest BCUT2D eigenvalue weighted by Crippen LogP contribution is 1.98. The Morgan fingerprint density at radius 1 is 1.41 bits per heavy atom. The van der Waals surface area contributed by atoms with Gasteiger partial charge in [-0.2, -0.15) is 0 Å². The van der Waals surface area contributed by atoms with Crippen molar-refractivity contribution in [3.63, 3.8) is 0 Å². The highest BCUT2D eigenvalue weighted by Gasteiger charge is 2.14. The molecule has 0 bridgehead atoms. The Bertz CT molecular complexity index is 174. The minimum absolute atomic E-state index is 0.108. The molecule has 1 heterocycles. The van der Waals surface area contributed by atoms with Crippen molar-refractivity contribution >= 4 is 0 Å². The SMILES string of the molecule is CCCCOCC(O)COCC1CNCCO1. The van der Waals surface area contributed by atoms with Gasteiger partial charge in [-0.15, -0.1) is 0 Å². The molecule has 1 rings (SSSR count). The summed E-state index contributed by atoms with van der Waals surface area (Å²) in [6.07, 6.45) is 1.72. The van der Waals surface area contributed by atoms with Gasteiger partial charge in [0.1, 0.15) is 6.10 Å². The van der Waals surface area contributed by atoms with Crippen LogP contribution < -0.4 is 5.32 Å². The largest absolute Gasteiger partial charge is 0.388 e. The van der Waals surface area contributed by atoms with Crippen LogP contribution in [-0.2, 0) is 14.2 Å². The molecule has 0 aromatic rings. The molecule has 17 heavy (non-hydrogen) atoms. The molecule has 1 aliphatic rings. The molecule has 0 aromatic heterocycles. The molecule has 0 radical (unpaired) electrons. The predicted molar refractivity (Wildman–Crippen MR) is 65.2 cm³/mol. The van der Waals surface area contributed by atoms with E-state index in [0.29, 0.717) is 26.4 Å². The van der Waals surface area contributed by atoms with Crippen LogP contribution in [0.3, 0.4) is 0 Å². The summed E-state index contributed by atoms with van der Waals surface area (Å²) in [5.74, 6) is 0. The Morgan fingerprint density at radius 2 is 2.24 bits per heavy atom. The lowest BCUT2D eigenvalue weighted by Crippen LogP contribution is -2.41. The Morgan fingerprint density at radius 3 is 2.94 bits per heavy atom. The Balaban J connectivity index is 1.90. The standard InChI is InChI=1S/C12H25NO4/c1-2-3-5-15-8-11(14)9-16-10-12-7-13-4-6-17-12/h11-14H,2-10H2,1H3. The molecule has 0 spiro atoms. The monoisotopic (exact) mass is 247 g/mol. The first-order valence-electron chi connectivity index (χ1n) is 6.48. The van der Waals surface area contributed by atoms with Gasteiger partial charge in [-0.3, -0.25) is 0 Å². The molecule has 102 valence electrons. The normalized spacial score (nSPS) is 22.6. The van der Waals surface area contributed by atoms with Gasteiger partial charge in [0, 0.05) is 19.7 Å². The summed E-state index contributed by atoms with van der Waals surface area (Å²) in [7, 11) is 0. The number of aliphatic hydroxyl groups is 1. The number of morpholine rings is 1. The van der Waals surface area contributed by atoms with Gasteiger partial charge >= 0.3 is 0 Å². The molecule has 5 nitrogen and oxygen atoms in total. The van der Waals surface area contributed by atoms with E-state index in [9.17, 15) is 5.11 Å². The van der Waals surface area contributed by atoms with Crippen LogP contribution in [0, 0.1) is 0 Å². The third kappa shape index (κ3) is 7.68. The maximum atomic E-state index is 9.57. The zero-order chi connectivity index (χ0) is 12.3. The van der Waals surface area contributed by atoms with Crippen LogP contribution >= 0.6 is 0 Å². The van der Waals surface area contributed by atoms with Crippen molar-refractivity contribution in [1.82, 2.24) is 5.32 Å². The summed E-state index contributed by atoms with van der Waals surface area (Å²) in [6, 6.07) is 0. The van der Waals surface area contributed by atoms with E-state index in [1.165, 1.54) is 0 Å². The van der Waals surface area contributed by atoms with E-state index in [0.717, 1.165) is 32.5 Å². The number of rotatable bonds is 9. The van der Waals surface area contributed by atoms with Crippen LogP contribution in [-0.4, -0.2) is 63.4 Å². The summed E-state index contributed by atoms with van der Waals surface area (Å²) in [6.45, 7) is 6.48. The summed E-state index contributed by atoms with van der Waals surface area (Å²) < 4.78 is 16.2. The highest BCUT2D eigenvalue weighted by atomic mass is 16.5. The Kier molecular flexibility index (Phi) is 8.56. The molecule has 0 saturated carbocycles. The third-order valence-electron chi connectivity index (χ3n) is 2.57. The van der Waals surface area contributed by atoms with Gasteiger partial charge in [0.15, 0.2) is 0 Å². The number of nitrogens with one attached hydrogen (secondary N) is 1. The molecule has 1 fully saturated rings. The number of hydrogen-bond donors (Lipinski definition) is 2. The third-order valence-corrected chi connectivity index (χ3v) is 2.57. The summed E-state index contributed by atoms with van der Waals surface area (Å²) in [4.78, 5) is 0. The van der Waals surface area contributed by atoms with Crippen LogP contribution in [0.2, 0.25) is 0 Å². The number of aliphatic hydroxyl groups excluding tert-OH is 1. The van der Waals surface area contributed by atoms with E-state index in [2.05, 4.69) is 12.2 Å². The van der Waals surface area contributed by atoms with Crippen LogP contribution in [0.15, 0.2) is 0 Å². The average molecular weight is 247 g/mol. The summed E-state index contributed by atoms with van der Waals surface area (Å²) in [5, 5.41) is 12.8. The average Bonchev–Trinajstić information content (AvgIpc) is 2.36. The van der Waals surface area contributed by atoms with Crippen molar-refractivity contribution in [3.05, 3.63) is 0 Å². The van der Waals surface area contributed by atoms with E-state index in [1.807, 2.05) is 0 Å². The zero-order valence-electron chi connectivity index (χ0n) is 10.7. The zero-order valence-corrected chi connectivity index (χ0v) is 10.7. The fourth-order valence-electron chi connectivity index (χ4n) is 1.58. The molecule has 2 unspecified atom stereocenters. The van der Waals surface area contributed by atoms with Crippen molar-refractivity contribution in [2.24, 2.45) is 0 Å². The summed E-state index contributed by atoms with van der Waals surface area (Å²) in [5.41, 5.74) is 0. The number of unbranched alkanes of at least 4 members (excludes halogenated alkanes) is 1. The van der Waals surface area contributed by atoms with E-state index in [1.54, 1.807) is 0 Å². The van der Waals surface area contributed by atoms with Gasteiger partial charge in [0.25, 0.3) is 0 Å². The van der Waals surface area contributed by atoms with E-state index in [-0.39, 0.29) is 6.10 Å². The fourth-order valence-corrected chi connectivity index (χ4v) is 1.58. The van der Waals surface area contributed by atoms with Crippen molar-refractivity contribution < 1.29 is 19.3 Å². The van der Waals surface area contributed by atoms with Crippen molar-refractivity contribution in [2.75, 3.05) is 46.1 Å². The molecule has 2 atom stereocenters. The molecular formula is C12H25NO4. The quantitative estimate of drug-likeness (QED) is 0.569. The molecule has 0 aliphatic carbocycles. The van der Waals surface area contributed by atoms with Crippen LogP contribution in [0.5, 0.6) is 0 Å². The van der Waals surface area contributed by atoms with Crippen LogP contribution in [0.25, 0.3) is 0 Å². The number of ether oxygens (including phenoxy) is 3. The highest BCUT2D eigenvalue weighted by molar-refractivity contribution is 4.66. The van der Waals surface area contributed by atoms with Gasteiger partial charge in [-0.25, -0.2) is 0 Å². The van der Waals surface area contributed by atoms with Gasteiger partial charge in [0.05, 0.1) is 32.5 Å². The first kappa shape index (κ1) is 14.9. The van der Waals surface area contributed by atoms with Gasteiger partial charge in [-0.05, 0) is 6.42 Å². The van der Waals surface area contributed by atoms with Gasteiger partial charge < -0.3 is 24.6 Å². The van der Waals surface area contributed by atoms with Crippen molar-refractivity contribution in [2.45, 2.75) is 32.0 Å². The fraction of sp³-hybridized carbons (Fsp3) is 1.00. The van der Waals surface area contributed by atoms with Crippen molar-refractivity contribution in [3.8, 4) is 0 Å². The molecule has 1 aliphatic heterocycles. The molecule has 2 N–H and O–H groups in total. The minimum atomic E-state index is -0.539. The predicted octanol–water partition coefficient (Wildman–Crippen LogP) is 0.169. The second-order valence-electron chi connectivity index (χ2n) is 4.32. The van der Waals surface area contributed by atoms with Gasteiger partial charge in [-0.1, -0.05) is 13.3 Å². The molecular weight excluding hydrogens is 222 g/mol. The Hall–Kier alpha value is -0.200. The number of hydrogen-bond acceptors (Lipinski definition) is 5. The van der Waals surface area contributed by atoms with E-state index >= 15 is 0 Å². The second kappa shape index (κ2) is 9.79. The second-order valence-corrected chi connectivity index (χ2v) is 4.32. The van der Waals surface area contributed by atoms with Crippen molar-refractivity contribution in [1.29, 1.82) is 0 Å². The van der Waals surface area contributed by atoms with Crippen LogP contribution in [0.4, 0.5) is 0 Å². The first-order chi connectivity index (χ1) is 8.33. The maximum Gasteiger partial charge on any atom is 0.101 e. The molecule has 0 aromatic carbocycles. The molecule has 1 saturated heterocycles. The van der Waals surface area contributed by atoms with Crippen LogP contribution in [0.1, 0.15) is 19.8 Å². The smallest absolute Gasteiger partial charge is 0.101 e. The lowest BCUT2D eigenvalue weighted by atomic mass is 10.3. The van der Waals surface area contributed by atoms with Gasteiger partial charge in [0.2, 0.25) is 0 Å². The van der Waals surface area contributed by atoms with E-state index in [4.69, 9.17) is 14.2 Å². The first-order valence-corrected chi connectivity index (χ1v) is 6.48.